The molecule has 2 aliphatic rings. The van der Waals surface area contributed by atoms with Crippen LogP contribution in [0.4, 0.5) is 5.82 Å². The van der Waals surface area contributed by atoms with Crippen molar-refractivity contribution in [2.24, 2.45) is 5.73 Å². The monoisotopic (exact) mass is 248 g/mol. The molecule has 18 heavy (non-hydrogen) atoms. The van der Waals surface area contributed by atoms with E-state index in [4.69, 9.17) is 15.5 Å². The molecule has 3 heterocycles. The Labute approximate surface area is 107 Å². The van der Waals surface area contributed by atoms with Crippen molar-refractivity contribution in [1.82, 2.24) is 9.97 Å². The first-order chi connectivity index (χ1) is 8.79. The Morgan fingerprint density at radius 2 is 2.33 bits per heavy atom. The van der Waals surface area contributed by atoms with Crippen LogP contribution in [0.25, 0.3) is 0 Å². The zero-order valence-electron chi connectivity index (χ0n) is 10.9. The van der Waals surface area contributed by atoms with Crippen LogP contribution in [0, 0.1) is 0 Å². The van der Waals surface area contributed by atoms with Gasteiger partial charge in [-0.1, -0.05) is 0 Å². The average Bonchev–Trinajstić information content (AvgIpc) is 3.00. The Balaban J connectivity index is 2.02. The van der Waals surface area contributed by atoms with Gasteiger partial charge in [0, 0.05) is 38.1 Å². The van der Waals surface area contributed by atoms with Gasteiger partial charge in [-0.15, -0.1) is 0 Å². The van der Waals surface area contributed by atoms with Gasteiger partial charge < -0.3 is 15.4 Å². The first kappa shape index (κ1) is 11.9. The van der Waals surface area contributed by atoms with Crippen LogP contribution in [0.3, 0.4) is 0 Å². The molecule has 0 radical (unpaired) electrons. The van der Waals surface area contributed by atoms with E-state index in [2.05, 4.69) is 16.9 Å². The van der Waals surface area contributed by atoms with Crippen molar-refractivity contribution in [3.05, 3.63) is 17.1 Å². The van der Waals surface area contributed by atoms with Crippen molar-refractivity contribution in [1.29, 1.82) is 0 Å². The molecule has 98 valence electrons. The maximum atomic E-state index is 5.63. The van der Waals surface area contributed by atoms with Gasteiger partial charge in [0.05, 0.1) is 12.3 Å². The highest BCUT2D eigenvalue weighted by atomic mass is 16.5. The molecular weight excluding hydrogens is 228 g/mol. The largest absolute Gasteiger partial charge is 0.381 e. The molecule has 0 bridgehead atoms. The topological polar surface area (TPSA) is 64.3 Å². The molecule has 0 amide bonds. The zero-order valence-corrected chi connectivity index (χ0v) is 10.9. The lowest BCUT2D eigenvalue weighted by atomic mass is 9.99. The molecule has 1 aromatic heterocycles. The molecule has 2 aliphatic heterocycles. The number of hydrogen-bond acceptors (Lipinski definition) is 5. The summed E-state index contributed by atoms with van der Waals surface area (Å²) in [5, 5.41) is 0. The lowest BCUT2D eigenvalue weighted by Crippen LogP contribution is -2.16. The zero-order chi connectivity index (χ0) is 12.5. The average molecular weight is 248 g/mol. The molecular formula is C13H20N4O. The second-order valence-corrected chi connectivity index (χ2v) is 5.10. The SMILES string of the molecule is CN1CCc2c(C3CCOC3)nc(CCN)nc21. The van der Waals surface area contributed by atoms with Crippen LogP contribution in [0.1, 0.15) is 29.4 Å². The van der Waals surface area contributed by atoms with Crippen LogP contribution < -0.4 is 10.6 Å². The van der Waals surface area contributed by atoms with Crippen LogP contribution in [0.5, 0.6) is 0 Å². The second-order valence-electron chi connectivity index (χ2n) is 5.10. The van der Waals surface area contributed by atoms with Crippen LogP contribution in [0.15, 0.2) is 0 Å². The summed E-state index contributed by atoms with van der Waals surface area (Å²) in [6, 6.07) is 0. The van der Waals surface area contributed by atoms with Gasteiger partial charge in [-0.2, -0.15) is 0 Å². The Kier molecular flexibility index (Phi) is 3.18. The van der Waals surface area contributed by atoms with Gasteiger partial charge in [0.25, 0.3) is 0 Å². The number of hydrogen-bond donors (Lipinski definition) is 1. The molecule has 0 aliphatic carbocycles. The molecule has 1 aromatic rings. The Bertz CT molecular complexity index is 443. The summed E-state index contributed by atoms with van der Waals surface area (Å²) in [6.07, 6.45) is 2.89. The second kappa shape index (κ2) is 4.82. The molecule has 1 saturated heterocycles. The summed E-state index contributed by atoms with van der Waals surface area (Å²) in [4.78, 5) is 11.6. The molecule has 3 rings (SSSR count). The van der Waals surface area contributed by atoms with Crippen LogP contribution in [-0.4, -0.2) is 43.3 Å². The van der Waals surface area contributed by atoms with Gasteiger partial charge >= 0.3 is 0 Å². The van der Waals surface area contributed by atoms with E-state index in [0.717, 1.165) is 50.7 Å². The first-order valence-electron chi connectivity index (χ1n) is 6.68. The van der Waals surface area contributed by atoms with E-state index < -0.39 is 0 Å². The van der Waals surface area contributed by atoms with Crippen LogP contribution in [0.2, 0.25) is 0 Å². The number of fused-ring (bicyclic) bond motifs is 1. The normalized spacial score (nSPS) is 22.6. The first-order valence-corrected chi connectivity index (χ1v) is 6.68. The van der Waals surface area contributed by atoms with Crippen molar-refractivity contribution in [2.45, 2.75) is 25.2 Å². The Morgan fingerprint density at radius 1 is 1.44 bits per heavy atom. The van der Waals surface area contributed by atoms with Gasteiger partial charge in [-0.25, -0.2) is 9.97 Å². The van der Waals surface area contributed by atoms with Crippen molar-refractivity contribution in [3.8, 4) is 0 Å². The van der Waals surface area contributed by atoms with E-state index >= 15 is 0 Å². The number of aromatic nitrogens is 2. The van der Waals surface area contributed by atoms with Crippen molar-refractivity contribution < 1.29 is 4.74 Å². The number of rotatable bonds is 3. The van der Waals surface area contributed by atoms with Gasteiger partial charge in [-0.05, 0) is 19.4 Å². The fourth-order valence-corrected chi connectivity index (χ4v) is 2.81. The Hall–Kier alpha value is -1.20. The summed E-state index contributed by atoms with van der Waals surface area (Å²) in [5.74, 6) is 2.44. The smallest absolute Gasteiger partial charge is 0.135 e. The van der Waals surface area contributed by atoms with Gasteiger partial charge in [0.15, 0.2) is 0 Å². The summed E-state index contributed by atoms with van der Waals surface area (Å²) in [7, 11) is 2.10. The predicted molar refractivity (Wildman–Crippen MR) is 69.9 cm³/mol. The van der Waals surface area contributed by atoms with Crippen LogP contribution >= 0.6 is 0 Å². The fraction of sp³-hybridized carbons (Fsp3) is 0.692. The molecule has 0 aromatic carbocycles. The number of anilines is 1. The molecule has 5 nitrogen and oxygen atoms in total. The third-order valence-corrected chi connectivity index (χ3v) is 3.81. The number of likely N-dealkylation sites (N-methyl/N-ethyl adjacent to an activating group) is 1. The molecule has 0 spiro atoms. The van der Waals surface area contributed by atoms with E-state index in [1.165, 1.54) is 11.3 Å². The summed E-state index contributed by atoms with van der Waals surface area (Å²) in [5.41, 5.74) is 8.17. The van der Waals surface area contributed by atoms with Crippen LogP contribution in [-0.2, 0) is 17.6 Å². The van der Waals surface area contributed by atoms with E-state index in [1.54, 1.807) is 0 Å². The molecule has 5 heteroatoms. The van der Waals surface area contributed by atoms with E-state index in [0.29, 0.717) is 12.5 Å². The van der Waals surface area contributed by atoms with E-state index in [-0.39, 0.29) is 0 Å². The van der Waals surface area contributed by atoms with E-state index in [1.807, 2.05) is 0 Å². The molecule has 1 fully saturated rings. The minimum Gasteiger partial charge on any atom is -0.381 e. The lowest BCUT2D eigenvalue weighted by molar-refractivity contribution is 0.193. The van der Waals surface area contributed by atoms with Crippen molar-refractivity contribution >= 4 is 5.82 Å². The Morgan fingerprint density at radius 3 is 3.06 bits per heavy atom. The van der Waals surface area contributed by atoms with Gasteiger partial charge in [0.2, 0.25) is 0 Å². The highest BCUT2D eigenvalue weighted by Crippen LogP contribution is 2.34. The maximum absolute atomic E-state index is 5.63. The molecule has 0 saturated carbocycles. The summed E-state index contributed by atoms with van der Waals surface area (Å²) in [6.45, 7) is 3.29. The van der Waals surface area contributed by atoms with Crippen molar-refractivity contribution in [2.75, 3.05) is 38.3 Å². The highest BCUT2D eigenvalue weighted by molar-refractivity contribution is 5.54. The highest BCUT2D eigenvalue weighted by Gasteiger charge is 2.29. The summed E-state index contributed by atoms with van der Waals surface area (Å²) >= 11 is 0. The fourth-order valence-electron chi connectivity index (χ4n) is 2.81. The maximum Gasteiger partial charge on any atom is 0.135 e. The standard InChI is InChI=1S/C13H20N4O/c1-17-6-3-10-12(9-4-7-18-8-9)15-11(2-5-14)16-13(10)17/h9H,2-8,14H2,1H3. The number of ether oxygens (including phenoxy) is 1. The minimum atomic E-state index is 0.449. The van der Waals surface area contributed by atoms with Gasteiger partial charge in [0.1, 0.15) is 11.6 Å². The third kappa shape index (κ3) is 1.97. The third-order valence-electron chi connectivity index (χ3n) is 3.81. The van der Waals surface area contributed by atoms with Crippen molar-refractivity contribution in [3.63, 3.8) is 0 Å². The molecule has 1 atom stereocenters. The summed E-state index contributed by atoms with van der Waals surface area (Å²) < 4.78 is 5.50. The number of nitrogens with two attached hydrogens (primary N) is 1. The quantitative estimate of drug-likeness (QED) is 0.842. The lowest BCUT2D eigenvalue weighted by Gasteiger charge is -2.16. The number of nitrogens with zero attached hydrogens (tertiary/aromatic N) is 3. The molecule has 1 unspecified atom stereocenters. The minimum absolute atomic E-state index is 0.449. The molecule has 2 N–H and O–H groups in total. The van der Waals surface area contributed by atoms with Gasteiger partial charge in [-0.3, -0.25) is 0 Å². The van der Waals surface area contributed by atoms with E-state index in [9.17, 15) is 0 Å². The predicted octanol–water partition coefficient (Wildman–Crippen LogP) is 0.474.